The molecule has 0 saturated carbocycles. The number of aromatic nitrogens is 2. The van der Waals surface area contributed by atoms with Crippen molar-refractivity contribution in [3.8, 4) is 22.5 Å². The molecule has 0 aliphatic carbocycles. The number of fused-ring (bicyclic) bond motifs is 1. The Morgan fingerprint density at radius 3 is 1.77 bits per heavy atom. The molecule has 8 nitrogen and oxygen atoms in total. The van der Waals surface area contributed by atoms with E-state index in [1.807, 2.05) is 60.7 Å². The summed E-state index contributed by atoms with van der Waals surface area (Å²) < 4.78 is 28.5. The van der Waals surface area contributed by atoms with Crippen LogP contribution in [0.3, 0.4) is 0 Å². The standard InChI is InChI=1S/C26H18N4O4S/c31-30(32)21-13-11-20(12-14-21)29-35(33,34)22-15-16-23-24(17-22)28-26(19-9-5-2-6-10-19)25(27-23)18-7-3-1-4-8-18/h1-17,29H. The van der Waals surface area contributed by atoms with Crippen molar-refractivity contribution in [3.63, 3.8) is 0 Å². The lowest BCUT2D eigenvalue weighted by Crippen LogP contribution is -2.13. The van der Waals surface area contributed by atoms with Gasteiger partial charge < -0.3 is 0 Å². The summed E-state index contributed by atoms with van der Waals surface area (Å²) in [5, 5.41) is 10.8. The summed E-state index contributed by atoms with van der Waals surface area (Å²) >= 11 is 0. The van der Waals surface area contributed by atoms with Crippen molar-refractivity contribution < 1.29 is 13.3 Å². The van der Waals surface area contributed by atoms with Gasteiger partial charge in [-0.1, -0.05) is 60.7 Å². The number of sulfonamides is 1. The molecule has 172 valence electrons. The second-order valence-corrected chi connectivity index (χ2v) is 9.40. The fraction of sp³-hybridized carbons (Fsp3) is 0. The molecule has 0 spiro atoms. The van der Waals surface area contributed by atoms with E-state index in [0.29, 0.717) is 22.4 Å². The van der Waals surface area contributed by atoms with Crippen LogP contribution in [0, 0.1) is 10.1 Å². The smallest absolute Gasteiger partial charge is 0.269 e. The Labute approximate surface area is 201 Å². The van der Waals surface area contributed by atoms with Crippen molar-refractivity contribution in [2.75, 3.05) is 4.72 Å². The number of rotatable bonds is 6. The molecule has 0 radical (unpaired) electrons. The molecule has 1 aromatic heterocycles. The van der Waals surface area contributed by atoms with Crippen molar-refractivity contribution in [1.82, 2.24) is 9.97 Å². The molecule has 0 aliphatic heterocycles. The van der Waals surface area contributed by atoms with Gasteiger partial charge >= 0.3 is 0 Å². The highest BCUT2D eigenvalue weighted by molar-refractivity contribution is 7.92. The molecule has 4 aromatic carbocycles. The van der Waals surface area contributed by atoms with Crippen LogP contribution in [0.4, 0.5) is 11.4 Å². The van der Waals surface area contributed by atoms with Gasteiger partial charge in [-0.2, -0.15) is 0 Å². The van der Waals surface area contributed by atoms with Gasteiger partial charge in [0.2, 0.25) is 0 Å². The molecule has 0 fully saturated rings. The first-order valence-corrected chi connectivity index (χ1v) is 12.1. The molecule has 0 bridgehead atoms. The van der Waals surface area contributed by atoms with Gasteiger partial charge in [0.1, 0.15) is 0 Å². The topological polar surface area (TPSA) is 115 Å². The van der Waals surface area contributed by atoms with E-state index in [2.05, 4.69) is 4.72 Å². The zero-order chi connectivity index (χ0) is 24.4. The van der Waals surface area contributed by atoms with Gasteiger partial charge in [0.25, 0.3) is 15.7 Å². The van der Waals surface area contributed by atoms with Crippen molar-refractivity contribution in [2.45, 2.75) is 4.90 Å². The Balaban J connectivity index is 1.58. The fourth-order valence-electron chi connectivity index (χ4n) is 3.66. The molecule has 0 aliphatic rings. The average Bonchev–Trinajstić information content (AvgIpc) is 2.88. The minimum atomic E-state index is -3.97. The van der Waals surface area contributed by atoms with Crippen LogP contribution < -0.4 is 4.72 Å². The van der Waals surface area contributed by atoms with Gasteiger partial charge in [0.15, 0.2) is 0 Å². The van der Waals surface area contributed by atoms with Gasteiger partial charge in [0.05, 0.1) is 32.2 Å². The van der Waals surface area contributed by atoms with Crippen molar-refractivity contribution in [2.24, 2.45) is 0 Å². The number of hydrogen-bond acceptors (Lipinski definition) is 6. The summed E-state index contributed by atoms with van der Waals surface area (Å²) in [4.78, 5) is 19.9. The number of nitro benzene ring substituents is 1. The summed E-state index contributed by atoms with van der Waals surface area (Å²) in [6.45, 7) is 0. The van der Waals surface area contributed by atoms with Crippen LogP contribution in [0.2, 0.25) is 0 Å². The Morgan fingerprint density at radius 2 is 1.23 bits per heavy atom. The highest BCUT2D eigenvalue weighted by atomic mass is 32.2. The molecule has 5 rings (SSSR count). The maximum absolute atomic E-state index is 13.0. The number of nitrogens with zero attached hydrogens (tertiary/aromatic N) is 3. The third-order valence-electron chi connectivity index (χ3n) is 5.37. The van der Waals surface area contributed by atoms with E-state index in [4.69, 9.17) is 9.97 Å². The number of nitrogens with one attached hydrogen (secondary N) is 1. The van der Waals surface area contributed by atoms with E-state index in [9.17, 15) is 18.5 Å². The predicted octanol–water partition coefficient (Wildman–Crippen LogP) is 5.67. The average molecular weight is 483 g/mol. The van der Waals surface area contributed by atoms with Crippen molar-refractivity contribution in [1.29, 1.82) is 0 Å². The van der Waals surface area contributed by atoms with Crippen LogP contribution in [0.5, 0.6) is 0 Å². The third-order valence-corrected chi connectivity index (χ3v) is 6.75. The third kappa shape index (κ3) is 4.57. The minimum Gasteiger partial charge on any atom is -0.280 e. The second-order valence-electron chi connectivity index (χ2n) is 7.71. The molecule has 0 amide bonds. The fourth-order valence-corrected chi connectivity index (χ4v) is 4.74. The normalized spacial score (nSPS) is 11.3. The summed E-state index contributed by atoms with van der Waals surface area (Å²) in [5.74, 6) is 0. The molecule has 5 aromatic rings. The molecule has 1 N–H and O–H groups in total. The van der Waals surface area contributed by atoms with E-state index in [1.165, 1.54) is 36.4 Å². The number of benzene rings is 4. The van der Waals surface area contributed by atoms with Crippen molar-refractivity contribution in [3.05, 3.63) is 113 Å². The lowest BCUT2D eigenvalue weighted by atomic mass is 10.0. The maximum Gasteiger partial charge on any atom is 0.269 e. The van der Waals surface area contributed by atoms with Crippen LogP contribution in [0.15, 0.2) is 108 Å². The highest BCUT2D eigenvalue weighted by Crippen LogP contribution is 2.31. The zero-order valence-electron chi connectivity index (χ0n) is 18.2. The highest BCUT2D eigenvalue weighted by Gasteiger charge is 2.18. The summed E-state index contributed by atoms with van der Waals surface area (Å²) in [6.07, 6.45) is 0. The van der Waals surface area contributed by atoms with Crippen molar-refractivity contribution >= 4 is 32.4 Å². The monoisotopic (exact) mass is 482 g/mol. The first-order chi connectivity index (χ1) is 16.9. The molecule has 1 heterocycles. The number of non-ortho nitro benzene ring substituents is 1. The maximum atomic E-state index is 13.0. The van der Waals surface area contributed by atoms with Gasteiger partial charge in [-0.05, 0) is 30.3 Å². The van der Waals surface area contributed by atoms with Crippen LogP contribution in [-0.2, 0) is 10.0 Å². The Morgan fingerprint density at radius 1 is 0.686 bits per heavy atom. The van der Waals surface area contributed by atoms with Gasteiger partial charge in [0, 0.05) is 28.9 Å². The van der Waals surface area contributed by atoms with Gasteiger partial charge in [-0.25, -0.2) is 18.4 Å². The number of hydrogen-bond donors (Lipinski definition) is 1. The quantitative estimate of drug-likeness (QED) is 0.246. The van der Waals surface area contributed by atoms with E-state index in [1.54, 1.807) is 6.07 Å². The molecular formula is C26H18N4O4S. The molecule has 35 heavy (non-hydrogen) atoms. The van der Waals surface area contributed by atoms with Gasteiger partial charge in [-0.15, -0.1) is 0 Å². The van der Waals surface area contributed by atoms with E-state index < -0.39 is 14.9 Å². The first kappa shape index (κ1) is 22.2. The Hall–Kier alpha value is -4.63. The van der Waals surface area contributed by atoms with Crippen LogP contribution in [0.1, 0.15) is 0 Å². The first-order valence-electron chi connectivity index (χ1n) is 10.6. The van der Waals surface area contributed by atoms with Crippen LogP contribution in [0.25, 0.3) is 33.5 Å². The predicted molar refractivity (Wildman–Crippen MR) is 134 cm³/mol. The lowest BCUT2D eigenvalue weighted by Gasteiger charge is -2.12. The van der Waals surface area contributed by atoms with E-state index >= 15 is 0 Å². The summed E-state index contributed by atoms with van der Waals surface area (Å²) in [6, 6.07) is 29.0. The molecular weight excluding hydrogens is 464 g/mol. The molecule has 9 heteroatoms. The van der Waals surface area contributed by atoms with Crippen LogP contribution >= 0.6 is 0 Å². The summed E-state index contributed by atoms with van der Waals surface area (Å²) in [5.41, 5.74) is 4.16. The van der Waals surface area contributed by atoms with Gasteiger partial charge in [-0.3, -0.25) is 14.8 Å². The lowest BCUT2D eigenvalue weighted by molar-refractivity contribution is -0.384. The van der Waals surface area contributed by atoms with E-state index in [-0.39, 0.29) is 16.3 Å². The number of anilines is 1. The minimum absolute atomic E-state index is 0.00382. The SMILES string of the molecule is O=[N+]([O-])c1ccc(NS(=O)(=O)c2ccc3nc(-c4ccccc4)c(-c4ccccc4)nc3c2)cc1. The second kappa shape index (κ2) is 8.96. The zero-order valence-corrected chi connectivity index (χ0v) is 19.0. The molecule has 0 saturated heterocycles. The Bertz CT molecular complexity index is 1640. The number of nitro groups is 1. The summed E-state index contributed by atoms with van der Waals surface area (Å²) in [7, 11) is -3.97. The largest absolute Gasteiger partial charge is 0.280 e. The molecule has 0 atom stereocenters. The molecule has 0 unspecified atom stereocenters. The Kier molecular flexibility index (Phi) is 5.68. The van der Waals surface area contributed by atoms with E-state index in [0.717, 1.165) is 11.1 Å². The van der Waals surface area contributed by atoms with Crippen LogP contribution in [-0.4, -0.2) is 23.3 Å².